The van der Waals surface area contributed by atoms with Crippen molar-refractivity contribution in [3.8, 4) is 0 Å². The third kappa shape index (κ3) is 7.33. The van der Waals surface area contributed by atoms with Gasteiger partial charge in [-0.25, -0.2) is 9.59 Å². The second kappa shape index (κ2) is 16.2. The molecule has 0 bridgehead atoms. The minimum Gasteiger partial charge on any atom is -0.341 e. The molecule has 16 nitrogen and oxygen atoms in total. The largest absolute Gasteiger partial charge is 0.341 e. The molecule has 56 heavy (non-hydrogen) atoms. The maximum absolute atomic E-state index is 13.0. The van der Waals surface area contributed by atoms with Gasteiger partial charge in [-0.1, -0.05) is 74.5 Å². The van der Waals surface area contributed by atoms with Gasteiger partial charge in [-0.2, -0.15) is 9.97 Å². The molecule has 296 valence electrons. The summed E-state index contributed by atoms with van der Waals surface area (Å²) in [6.07, 6.45) is 1.01. The molecule has 0 amide bonds. The molecule has 4 aromatic heterocycles. The van der Waals surface area contributed by atoms with E-state index in [1.807, 2.05) is 69.8 Å². The summed E-state index contributed by atoms with van der Waals surface area (Å²) in [7, 11) is 6.36. The number of piperazine rings is 1. The van der Waals surface area contributed by atoms with E-state index in [0.717, 1.165) is 84.4 Å². The van der Waals surface area contributed by atoms with Gasteiger partial charge in [0.2, 0.25) is 11.9 Å². The van der Waals surface area contributed by atoms with Crippen LogP contribution in [0.15, 0.2) is 79.8 Å². The van der Waals surface area contributed by atoms with Gasteiger partial charge in [0.05, 0.1) is 13.1 Å². The van der Waals surface area contributed by atoms with E-state index in [4.69, 9.17) is 9.97 Å². The van der Waals surface area contributed by atoms with Crippen molar-refractivity contribution < 1.29 is 0 Å². The molecule has 2 fully saturated rings. The minimum absolute atomic E-state index is 0.310. The summed E-state index contributed by atoms with van der Waals surface area (Å²) >= 11 is 0. The predicted molar refractivity (Wildman–Crippen MR) is 220 cm³/mol. The van der Waals surface area contributed by atoms with Crippen LogP contribution in [-0.4, -0.2) is 89.2 Å². The summed E-state index contributed by atoms with van der Waals surface area (Å²) in [4.78, 5) is 64.8. The number of fused-ring (bicyclic) bond motifs is 2. The lowest BCUT2D eigenvalue weighted by Gasteiger charge is -2.36. The fraction of sp³-hybridized carbons (Fsp3) is 0.450. The molecule has 6 aromatic rings. The van der Waals surface area contributed by atoms with E-state index in [1.54, 1.807) is 14.1 Å². The van der Waals surface area contributed by atoms with Gasteiger partial charge in [-0.15, -0.1) is 0 Å². The number of hydrogen-bond acceptors (Lipinski definition) is 10. The van der Waals surface area contributed by atoms with Crippen molar-refractivity contribution in [2.75, 3.05) is 55.6 Å². The zero-order chi connectivity index (χ0) is 39.7. The fourth-order valence-electron chi connectivity index (χ4n) is 7.64. The van der Waals surface area contributed by atoms with Crippen molar-refractivity contribution in [1.82, 2.24) is 48.0 Å². The molecule has 8 rings (SSSR count). The highest BCUT2D eigenvalue weighted by molar-refractivity contribution is 5.76. The van der Waals surface area contributed by atoms with Gasteiger partial charge in [0.15, 0.2) is 22.3 Å². The molecule has 0 radical (unpaired) electrons. The molecule has 2 saturated heterocycles. The molecule has 2 aliphatic rings. The number of imidazole rings is 2. The summed E-state index contributed by atoms with van der Waals surface area (Å²) < 4.78 is 9.15. The van der Waals surface area contributed by atoms with E-state index in [9.17, 15) is 19.2 Å². The number of anilines is 2. The SMILES string of the molecule is CC(C)C1CN(c2nc3c(c(=O)n(C)c(=O)n3C)n2Cc2ccccc2)CCN1.Cn1c(=O)c2c(nc(N3CCCNCC3)n2Cc2ccccc2)n(C)c1=O. The van der Waals surface area contributed by atoms with Gasteiger partial charge in [0.25, 0.3) is 11.1 Å². The fourth-order valence-corrected chi connectivity index (χ4v) is 7.64. The van der Waals surface area contributed by atoms with Gasteiger partial charge in [0, 0.05) is 73.5 Å². The molecule has 1 unspecified atom stereocenters. The Bertz CT molecular complexity index is 2570. The summed E-state index contributed by atoms with van der Waals surface area (Å²) in [6, 6.07) is 20.4. The lowest BCUT2D eigenvalue weighted by Crippen LogP contribution is -2.53. The lowest BCUT2D eigenvalue weighted by molar-refractivity contribution is 0.365. The zero-order valence-electron chi connectivity index (χ0n) is 33.1. The monoisotopic (exact) mass is 764 g/mol. The number of nitrogens with zero attached hydrogens (tertiary/aromatic N) is 10. The van der Waals surface area contributed by atoms with E-state index < -0.39 is 0 Å². The Labute approximate surface area is 324 Å². The zero-order valence-corrected chi connectivity index (χ0v) is 33.1. The van der Waals surface area contributed by atoms with Gasteiger partial charge in [-0.05, 0) is 30.0 Å². The van der Waals surface area contributed by atoms with Crippen molar-refractivity contribution in [1.29, 1.82) is 0 Å². The highest BCUT2D eigenvalue weighted by Crippen LogP contribution is 2.24. The summed E-state index contributed by atoms with van der Waals surface area (Å²) in [5.41, 5.74) is 2.63. The second-order valence-electron chi connectivity index (χ2n) is 15.1. The average Bonchev–Trinajstić information content (AvgIpc) is 3.65. The first-order chi connectivity index (χ1) is 27.0. The van der Waals surface area contributed by atoms with Crippen molar-refractivity contribution >= 4 is 34.2 Å². The molecule has 0 spiro atoms. The van der Waals surface area contributed by atoms with Gasteiger partial charge < -0.3 is 20.4 Å². The summed E-state index contributed by atoms with van der Waals surface area (Å²) in [5.74, 6) is 1.98. The van der Waals surface area contributed by atoms with Gasteiger partial charge in [0.1, 0.15) is 0 Å². The Morgan fingerprint density at radius 2 is 1.11 bits per heavy atom. The van der Waals surface area contributed by atoms with Crippen molar-refractivity contribution in [3.63, 3.8) is 0 Å². The van der Waals surface area contributed by atoms with Crippen LogP contribution in [0.25, 0.3) is 22.3 Å². The molecule has 1 atom stereocenters. The Kier molecular flexibility index (Phi) is 11.1. The standard InChI is InChI=1S/C21H28N6O2.C19H24N6O2/c1-14(2)16-13-26(11-10-22-16)20-23-18-17(19(28)25(4)21(29)24(18)3)27(20)12-15-8-6-5-7-9-15;1-22-16-15(17(26)23(2)19(22)27)25(13-14-7-4-3-5-8-14)18(21-16)24-11-6-9-20-10-12-24/h5-9,14,16,22H,10-13H2,1-4H3;3-5,7-8,20H,6,9-13H2,1-2H3. The Morgan fingerprint density at radius 1 is 0.625 bits per heavy atom. The van der Waals surface area contributed by atoms with Crippen LogP contribution in [0.3, 0.4) is 0 Å². The first-order valence-corrected chi connectivity index (χ1v) is 19.3. The quantitative estimate of drug-likeness (QED) is 0.243. The molecule has 2 aromatic carbocycles. The average molecular weight is 765 g/mol. The van der Waals surface area contributed by atoms with Crippen LogP contribution < -0.4 is 42.9 Å². The van der Waals surface area contributed by atoms with Crippen LogP contribution in [0.5, 0.6) is 0 Å². The van der Waals surface area contributed by atoms with Crippen LogP contribution in [0.4, 0.5) is 11.9 Å². The highest BCUT2D eigenvalue weighted by atomic mass is 16.2. The smallest absolute Gasteiger partial charge is 0.332 e. The Hall–Kier alpha value is -5.74. The van der Waals surface area contributed by atoms with Crippen LogP contribution in [0.1, 0.15) is 31.4 Å². The van der Waals surface area contributed by atoms with E-state index in [1.165, 1.54) is 23.2 Å². The maximum Gasteiger partial charge on any atom is 0.332 e. The molecule has 0 saturated carbocycles. The maximum atomic E-state index is 13.0. The number of aromatic nitrogens is 8. The lowest BCUT2D eigenvalue weighted by atomic mass is 10.0. The number of benzene rings is 2. The van der Waals surface area contributed by atoms with Crippen molar-refractivity contribution in [3.05, 3.63) is 113 Å². The van der Waals surface area contributed by atoms with Gasteiger partial charge in [-0.3, -0.25) is 37.0 Å². The van der Waals surface area contributed by atoms with Crippen LogP contribution in [0, 0.1) is 5.92 Å². The van der Waals surface area contributed by atoms with Crippen molar-refractivity contribution in [2.24, 2.45) is 34.1 Å². The first kappa shape index (κ1) is 38.5. The number of aryl methyl sites for hydroxylation is 2. The Balaban J connectivity index is 0.000000172. The molecule has 16 heteroatoms. The first-order valence-electron chi connectivity index (χ1n) is 19.3. The van der Waals surface area contributed by atoms with Crippen LogP contribution >= 0.6 is 0 Å². The van der Waals surface area contributed by atoms with Crippen molar-refractivity contribution in [2.45, 2.75) is 39.4 Å². The van der Waals surface area contributed by atoms with E-state index >= 15 is 0 Å². The van der Waals surface area contributed by atoms with Crippen LogP contribution in [0.2, 0.25) is 0 Å². The third-order valence-electron chi connectivity index (χ3n) is 10.9. The minimum atomic E-state index is -0.362. The topological polar surface area (TPSA) is 154 Å². The molecular weight excluding hydrogens is 713 g/mol. The number of rotatable bonds is 7. The molecule has 2 aliphatic heterocycles. The van der Waals surface area contributed by atoms with E-state index in [2.05, 4.69) is 34.3 Å². The molecule has 2 N–H and O–H groups in total. The molecular formula is C40H52N12O4. The van der Waals surface area contributed by atoms with Crippen LogP contribution in [-0.2, 0) is 41.3 Å². The summed E-state index contributed by atoms with van der Waals surface area (Å²) in [6.45, 7) is 11.4. The second-order valence-corrected chi connectivity index (χ2v) is 15.1. The molecule has 0 aliphatic carbocycles. The number of nitrogens with one attached hydrogen (secondary N) is 2. The summed E-state index contributed by atoms with van der Waals surface area (Å²) in [5, 5.41) is 6.95. The normalized spacial score (nSPS) is 16.4. The van der Waals surface area contributed by atoms with E-state index in [-0.39, 0.29) is 22.5 Å². The third-order valence-corrected chi connectivity index (χ3v) is 10.9. The number of hydrogen-bond donors (Lipinski definition) is 2. The predicted octanol–water partition coefficient (Wildman–Crippen LogP) is 1.20. The molecule has 6 heterocycles. The van der Waals surface area contributed by atoms with Gasteiger partial charge >= 0.3 is 11.4 Å². The Morgan fingerprint density at radius 3 is 1.61 bits per heavy atom. The highest BCUT2D eigenvalue weighted by Gasteiger charge is 2.28. The van der Waals surface area contributed by atoms with E-state index in [0.29, 0.717) is 47.4 Å².